The Kier molecular flexibility index (Phi) is 4.24. The fourth-order valence-electron chi connectivity index (χ4n) is 1.24. The van der Waals surface area contributed by atoms with Crippen molar-refractivity contribution in [3.05, 3.63) is 33.8 Å². The number of nitrogens with two attached hydrogens (primary N) is 1. The molecule has 1 amide bonds. The van der Waals surface area contributed by atoms with Crippen LogP contribution in [0.2, 0.25) is 10.0 Å². The Hall–Kier alpha value is -0.930. The van der Waals surface area contributed by atoms with Crippen LogP contribution >= 0.6 is 23.2 Å². The summed E-state index contributed by atoms with van der Waals surface area (Å²) in [6.07, 6.45) is -0.550. The predicted octanol–water partition coefficient (Wildman–Crippen LogP) is 3.54. The maximum absolute atomic E-state index is 10.6. The van der Waals surface area contributed by atoms with Crippen LogP contribution in [0.15, 0.2) is 18.2 Å². The summed E-state index contributed by atoms with van der Waals surface area (Å²) in [4.78, 5) is 10.6. The quantitative estimate of drug-likeness (QED) is 0.889. The molecule has 0 saturated carbocycles. The van der Waals surface area contributed by atoms with E-state index in [4.69, 9.17) is 33.7 Å². The second-order valence-electron chi connectivity index (χ2n) is 3.01. The van der Waals surface area contributed by atoms with E-state index in [-0.39, 0.29) is 6.10 Å². The molecule has 5 heteroatoms. The van der Waals surface area contributed by atoms with Gasteiger partial charge in [0.2, 0.25) is 0 Å². The monoisotopic (exact) mass is 247 g/mol. The van der Waals surface area contributed by atoms with E-state index in [1.165, 1.54) is 0 Å². The number of carbonyl (C=O) groups is 1. The Morgan fingerprint density at radius 1 is 1.47 bits per heavy atom. The first-order valence-electron chi connectivity index (χ1n) is 4.45. The fourth-order valence-corrected chi connectivity index (χ4v) is 1.55. The van der Waals surface area contributed by atoms with Gasteiger partial charge in [-0.15, -0.1) is 0 Å². The molecular formula is C10H11Cl2NO2. The first-order valence-corrected chi connectivity index (χ1v) is 5.21. The largest absolute Gasteiger partial charge is 0.442 e. The number of ether oxygens (including phenoxy) is 1. The molecule has 82 valence electrons. The van der Waals surface area contributed by atoms with Crippen molar-refractivity contribution in [1.82, 2.24) is 0 Å². The van der Waals surface area contributed by atoms with Crippen LogP contribution in [-0.4, -0.2) is 6.09 Å². The Morgan fingerprint density at radius 3 is 2.60 bits per heavy atom. The highest BCUT2D eigenvalue weighted by Gasteiger charge is 2.13. The molecule has 0 radical (unpaired) electrons. The van der Waals surface area contributed by atoms with Crippen LogP contribution in [0.25, 0.3) is 0 Å². The average molecular weight is 248 g/mol. The van der Waals surface area contributed by atoms with Crippen molar-refractivity contribution in [2.45, 2.75) is 19.4 Å². The van der Waals surface area contributed by atoms with Gasteiger partial charge in [0.05, 0.1) is 10.0 Å². The number of amides is 1. The highest BCUT2D eigenvalue weighted by atomic mass is 35.5. The summed E-state index contributed by atoms with van der Waals surface area (Å²) in [6, 6.07) is 5.08. The Bertz CT molecular complexity index is 368. The van der Waals surface area contributed by atoms with Gasteiger partial charge in [0, 0.05) is 0 Å². The third-order valence-corrected chi connectivity index (χ3v) is 2.68. The van der Waals surface area contributed by atoms with Gasteiger partial charge in [0.15, 0.2) is 0 Å². The van der Waals surface area contributed by atoms with Gasteiger partial charge in [-0.2, -0.15) is 0 Å². The second-order valence-corrected chi connectivity index (χ2v) is 3.82. The number of hydrogen-bond donors (Lipinski definition) is 1. The van der Waals surface area contributed by atoms with E-state index < -0.39 is 6.09 Å². The van der Waals surface area contributed by atoms with Gasteiger partial charge in [-0.1, -0.05) is 36.2 Å². The summed E-state index contributed by atoms with van der Waals surface area (Å²) in [5.74, 6) is 0. The molecule has 0 aliphatic heterocycles. The minimum atomic E-state index is -0.798. The van der Waals surface area contributed by atoms with E-state index in [0.717, 1.165) is 5.56 Å². The molecule has 1 rings (SSSR count). The first-order chi connectivity index (χ1) is 7.04. The summed E-state index contributed by atoms with van der Waals surface area (Å²) in [5.41, 5.74) is 5.74. The molecule has 1 aromatic rings. The number of primary amides is 1. The highest BCUT2D eigenvalue weighted by Crippen LogP contribution is 2.28. The van der Waals surface area contributed by atoms with Crippen molar-refractivity contribution >= 4 is 29.3 Å². The van der Waals surface area contributed by atoms with Gasteiger partial charge in [0.25, 0.3) is 0 Å². The zero-order chi connectivity index (χ0) is 11.4. The minimum Gasteiger partial charge on any atom is -0.442 e. The molecule has 2 N–H and O–H groups in total. The third kappa shape index (κ3) is 3.29. The van der Waals surface area contributed by atoms with Gasteiger partial charge in [0.1, 0.15) is 6.10 Å². The summed E-state index contributed by atoms with van der Waals surface area (Å²) in [6.45, 7) is 1.89. The maximum atomic E-state index is 10.6. The molecule has 1 unspecified atom stereocenters. The van der Waals surface area contributed by atoms with Gasteiger partial charge >= 0.3 is 6.09 Å². The SMILES string of the molecule is CCC(OC(N)=O)c1ccc(Cl)c(Cl)c1. The van der Waals surface area contributed by atoms with Gasteiger partial charge in [-0.25, -0.2) is 4.79 Å². The van der Waals surface area contributed by atoms with Crippen molar-refractivity contribution in [3.8, 4) is 0 Å². The molecule has 15 heavy (non-hydrogen) atoms. The number of hydrogen-bond acceptors (Lipinski definition) is 2. The molecule has 0 aliphatic carbocycles. The summed E-state index contributed by atoms with van der Waals surface area (Å²) in [5, 5.41) is 0.898. The first kappa shape index (κ1) is 12.1. The molecule has 0 bridgehead atoms. The van der Waals surface area contributed by atoms with Crippen LogP contribution in [0, 0.1) is 0 Å². The molecule has 0 heterocycles. The average Bonchev–Trinajstić information content (AvgIpc) is 2.18. The number of rotatable bonds is 3. The fraction of sp³-hybridized carbons (Fsp3) is 0.300. The van der Waals surface area contributed by atoms with Crippen LogP contribution < -0.4 is 5.73 Å². The lowest BCUT2D eigenvalue weighted by molar-refractivity contribution is 0.104. The Balaban J connectivity index is 2.92. The van der Waals surface area contributed by atoms with Crippen LogP contribution in [0.4, 0.5) is 4.79 Å². The van der Waals surface area contributed by atoms with Crippen LogP contribution in [-0.2, 0) is 4.74 Å². The van der Waals surface area contributed by atoms with E-state index in [1.54, 1.807) is 18.2 Å². The van der Waals surface area contributed by atoms with Crippen molar-refractivity contribution < 1.29 is 9.53 Å². The number of carbonyl (C=O) groups excluding carboxylic acids is 1. The lowest BCUT2D eigenvalue weighted by atomic mass is 10.1. The molecule has 1 aromatic carbocycles. The van der Waals surface area contributed by atoms with E-state index in [1.807, 2.05) is 6.92 Å². The molecule has 1 atom stereocenters. The Labute approximate surface area is 98.1 Å². The van der Waals surface area contributed by atoms with E-state index in [9.17, 15) is 4.79 Å². The van der Waals surface area contributed by atoms with Crippen molar-refractivity contribution in [2.24, 2.45) is 5.73 Å². The molecule has 3 nitrogen and oxygen atoms in total. The Morgan fingerprint density at radius 2 is 2.13 bits per heavy atom. The topological polar surface area (TPSA) is 52.3 Å². The normalized spacial score (nSPS) is 12.2. The van der Waals surface area contributed by atoms with Crippen LogP contribution in [0.3, 0.4) is 0 Å². The predicted molar refractivity (Wildman–Crippen MR) is 60.2 cm³/mol. The summed E-state index contributed by atoms with van der Waals surface area (Å²) < 4.78 is 4.92. The molecule has 0 aliphatic rings. The van der Waals surface area contributed by atoms with Crippen molar-refractivity contribution in [3.63, 3.8) is 0 Å². The van der Waals surface area contributed by atoms with Crippen molar-refractivity contribution in [1.29, 1.82) is 0 Å². The van der Waals surface area contributed by atoms with Crippen LogP contribution in [0.1, 0.15) is 25.0 Å². The summed E-state index contributed by atoms with van der Waals surface area (Å²) >= 11 is 11.6. The standard InChI is InChI=1S/C10H11Cl2NO2/c1-2-9(15-10(13)14)6-3-4-7(11)8(12)5-6/h3-5,9H,2H2,1H3,(H2,13,14). The molecule has 0 saturated heterocycles. The highest BCUT2D eigenvalue weighted by molar-refractivity contribution is 6.42. The van der Waals surface area contributed by atoms with Gasteiger partial charge in [-0.3, -0.25) is 0 Å². The summed E-state index contributed by atoms with van der Waals surface area (Å²) in [7, 11) is 0. The van der Waals surface area contributed by atoms with Gasteiger partial charge < -0.3 is 10.5 Å². The lowest BCUT2D eigenvalue weighted by Crippen LogP contribution is -2.16. The van der Waals surface area contributed by atoms with E-state index in [0.29, 0.717) is 16.5 Å². The number of benzene rings is 1. The molecule has 0 aromatic heterocycles. The lowest BCUT2D eigenvalue weighted by Gasteiger charge is -2.15. The van der Waals surface area contributed by atoms with E-state index >= 15 is 0 Å². The zero-order valence-electron chi connectivity index (χ0n) is 8.17. The van der Waals surface area contributed by atoms with Gasteiger partial charge in [-0.05, 0) is 24.1 Å². The third-order valence-electron chi connectivity index (χ3n) is 1.94. The maximum Gasteiger partial charge on any atom is 0.405 e. The number of halogens is 2. The minimum absolute atomic E-state index is 0.378. The van der Waals surface area contributed by atoms with Crippen molar-refractivity contribution in [2.75, 3.05) is 0 Å². The zero-order valence-corrected chi connectivity index (χ0v) is 9.68. The molecule has 0 spiro atoms. The molecule has 0 fully saturated rings. The van der Waals surface area contributed by atoms with E-state index in [2.05, 4.69) is 0 Å². The van der Waals surface area contributed by atoms with Crippen LogP contribution in [0.5, 0.6) is 0 Å². The second kappa shape index (κ2) is 5.24. The molecular weight excluding hydrogens is 237 g/mol. The smallest absolute Gasteiger partial charge is 0.405 e.